The number of methoxy groups -OCH3 is 2. The van der Waals surface area contributed by atoms with Gasteiger partial charge in [-0.2, -0.15) is 9.29 Å². The quantitative estimate of drug-likeness (QED) is 0.552. The Hall–Kier alpha value is -2.98. The third-order valence-electron chi connectivity index (χ3n) is 4.20. The minimum atomic E-state index is -3.65. The SMILES string of the molecule is COc1ccc(-c2noc(CN(C)S(=O)(=O)Cc3ccc(F)cc3)n2)cc1OC. The summed E-state index contributed by atoms with van der Waals surface area (Å²) in [5.74, 6) is 0.820. The molecule has 0 aliphatic heterocycles. The molecule has 0 radical (unpaired) electrons. The summed E-state index contributed by atoms with van der Waals surface area (Å²) in [6.45, 7) is -0.0934. The molecule has 0 atom stereocenters. The third kappa shape index (κ3) is 4.90. The summed E-state index contributed by atoms with van der Waals surface area (Å²) in [7, 11) is 0.815. The van der Waals surface area contributed by atoms with E-state index in [1.807, 2.05) is 0 Å². The van der Waals surface area contributed by atoms with Crippen molar-refractivity contribution in [3.8, 4) is 22.9 Å². The Kier molecular flexibility index (Phi) is 6.14. The zero-order valence-corrected chi connectivity index (χ0v) is 16.9. The second-order valence-corrected chi connectivity index (χ2v) is 8.30. The molecule has 3 aromatic rings. The number of sulfonamides is 1. The van der Waals surface area contributed by atoms with Crippen molar-refractivity contribution in [3.63, 3.8) is 0 Å². The molecule has 0 spiro atoms. The Morgan fingerprint density at radius 1 is 1.07 bits per heavy atom. The summed E-state index contributed by atoms with van der Waals surface area (Å²) in [4.78, 5) is 4.25. The van der Waals surface area contributed by atoms with Crippen LogP contribution in [0.1, 0.15) is 11.5 Å². The van der Waals surface area contributed by atoms with Crippen LogP contribution in [0.2, 0.25) is 0 Å². The van der Waals surface area contributed by atoms with Crippen LogP contribution >= 0.6 is 0 Å². The summed E-state index contributed by atoms with van der Waals surface area (Å²) < 4.78 is 54.8. The maximum atomic E-state index is 13.0. The molecule has 29 heavy (non-hydrogen) atoms. The number of ether oxygens (including phenoxy) is 2. The Morgan fingerprint density at radius 2 is 1.76 bits per heavy atom. The predicted octanol–water partition coefficient (Wildman–Crippen LogP) is 2.85. The Labute approximate surface area is 167 Å². The second kappa shape index (κ2) is 8.58. The minimum Gasteiger partial charge on any atom is -0.493 e. The molecule has 0 amide bonds. The molecular formula is C19H20FN3O5S. The highest BCUT2D eigenvalue weighted by atomic mass is 32.2. The maximum absolute atomic E-state index is 13.0. The highest BCUT2D eigenvalue weighted by molar-refractivity contribution is 7.88. The van der Waals surface area contributed by atoms with E-state index in [0.717, 1.165) is 4.31 Å². The third-order valence-corrected chi connectivity index (χ3v) is 5.98. The van der Waals surface area contributed by atoms with E-state index in [2.05, 4.69) is 10.1 Å². The predicted molar refractivity (Wildman–Crippen MR) is 103 cm³/mol. The van der Waals surface area contributed by atoms with Crippen LogP contribution in [0.15, 0.2) is 47.0 Å². The smallest absolute Gasteiger partial charge is 0.242 e. The van der Waals surface area contributed by atoms with Gasteiger partial charge in [-0.15, -0.1) is 0 Å². The summed E-state index contributed by atoms with van der Waals surface area (Å²) in [6, 6.07) is 10.5. The number of hydrogen-bond donors (Lipinski definition) is 0. The molecule has 10 heteroatoms. The van der Waals surface area contributed by atoms with Gasteiger partial charge in [-0.1, -0.05) is 17.3 Å². The zero-order chi connectivity index (χ0) is 21.0. The first kappa shape index (κ1) is 20.7. The van der Waals surface area contributed by atoms with Gasteiger partial charge in [-0.05, 0) is 35.9 Å². The number of rotatable bonds is 8. The molecule has 3 rings (SSSR count). The molecule has 0 saturated heterocycles. The van der Waals surface area contributed by atoms with Gasteiger partial charge in [0.15, 0.2) is 11.5 Å². The molecule has 1 heterocycles. The zero-order valence-electron chi connectivity index (χ0n) is 16.1. The average molecular weight is 421 g/mol. The molecule has 0 fully saturated rings. The maximum Gasteiger partial charge on any atom is 0.242 e. The first-order chi connectivity index (χ1) is 13.8. The Bertz CT molecular complexity index is 1080. The molecule has 8 nitrogen and oxygen atoms in total. The van der Waals surface area contributed by atoms with E-state index < -0.39 is 15.8 Å². The van der Waals surface area contributed by atoms with Crippen molar-refractivity contribution in [2.24, 2.45) is 0 Å². The fraction of sp³-hybridized carbons (Fsp3) is 0.263. The number of nitrogens with zero attached hydrogens (tertiary/aromatic N) is 3. The van der Waals surface area contributed by atoms with Crippen LogP contribution in [0.4, 0.5) is 4.39 Å². The molecule has 1 aromatic heterocycles. The molecule has 0 bridgehead atoms. The largest absolute Gasteiger partial charge is 0.493 e. The first-order valence-corrected chi connectivity index (χ1v) is 10.2. The number of halogens is 1. The minimum absolute atomic E-state index is 0.0934. The fourth-order valence-corrected chi connectivity index (χ4v) is 3.74. The molecule has 154 valence electrons. The van der Waals surface area contributed by atoms with Gasteiger partial charge in [0.05, 0.1) is 26.5 Å². The lowest BCUT2D eigenvalue weighted by Gasteiger charge is -2.15. The van der Waals surface area contributed by atoms with Crippen molar-refractivity contribution in [1.82, 2.24) is 14.4 Å². The lowest BCUT2D eigenvalue weighted by molar-refractivity contribution is 0.336. The van der Waals surface area contributed by atoms with Crippen LogP contribution in [0, 0.1) is 5.82 Å². The molecule has 0 aliphatic carbocycles. The van der Waals surface area contributed by atoms with Crippen LogP contribution in [0.3, 0.4) is 0 Å². The van der Waals surface area contributed by atoms with Gasteiger partial charge in [0, 0.05) is 12.6 Å². The first-order valence-electron chi connectivity index (χ1n) is 8.56. The highest BCUT2D eigenvalue weighted by Crippen LogP contribution is 2.31. The van der Waals surface area contributed by atoms with Crippen LogP contribution in [-0.2, 0) is 22.3 Å². The van der Waals surface area contributed by atoms with E-state index >= 15 is 0 Å². The normalized spacial score (nSPS) is 11.6. The standard InChI is InChI=1S/C19H20FN3O5S/c1-23(29(24,25)12-13-4-7-15(20)8-5-13)11-18-21-19(22-28-18)14-6-9-16(26-2)17(10-14)27-3/h4-10H,11-12H2,1-3H3. The molecular weight excluding hydrogens is 401 g/mol. The Balaban J connectivity index is 1.73. The lowest BCUT2D eigenvalue weighted by Crippen LogP contribution is -2.27. The summed E-state index contributed by atoms with van der Waals surface area (Å²) in [5.41, 5.74) is 1.12. The van der Waals surface area contributed by atoms with Gasteiger partial charge in [0.25, 0.3) is 0 Å². The monoisotopic (exact) mass is 421 g/mol. The van der Waals surface area contributed by atoms with Crippen molar-refractivity contribution in [2.45, 2.75) is 12.3 Å². The van der Waals surface area contributed by atoms with Crippen LogP contribution in [0.25, 0.3) is 11.4 Å². The van der Waals surface area contributed by atoms with Crippen LogP contribution in [0.5, 0.6) is 11.5 Å². The van der Waals surface area contributed by atoms with E-state index in [0.29, 0.717) is 28.5 Å². The summed E-state index contributed by atoms with van der Waals surface area (Å²) in [6.07, 6.45) is 0. The van der Waals surface area contributed by atoms with Gasteiger partial charge < -0.3 is 14.0 Å². The highest BCUT2D eigenvalue weighted by Gasteiger charge is 2.22. The lowest BCUT2D eigenvalue weighted by atomic mass is 10.2. The molecule has 2 aromatic carbocycles. The molecule has 0 unspecified atom stereocenters. The van der Waals surface area contributed by atoms with Crippen molar-refractivity contribution < 1.29 is 26.8 Å². The van der Waals surface area contributed by atoms with Gasteiger partial charge in [-0.25, -0.2) is 12.8 Å². The summed E-state index contributed by atoms with van der Waals surface area (Å²) >= 11 is 0. The molecule has 0 saturated carbocycles. The van der Waals surface area contributed by atoms with Crippen molar-refractivity contribution in [2.75, 3.05) is 21.3 Å². The van der Waals surface area contributed by atoms with Crippen molar-refractivity contribution >= 4 is 10.0 Å². The van der Waals surface area contributed by atoms with E-state index in [4.69, 9.17) is 14.0 Å². The second-order valence-electron chi connectivity index (χ2n) is 6.22. The van der Waals surface area contributed by atoms with Crippen LogP contribution in [-0.4, -0.2) is 44.1 Å². The number of hydrogen-bond acceptors (Lipinski definition) is 7. The van der Waals surface area contributed by atoms with E-state index in [1.165, 1.54) is 45.5 Å². The van der Waals surface area contributed by atoms with E-state index in [9.17, 15) is 12.8 Å². The molecule has 0 aliphatic rings. The molecule has 0 N–H and O–H groups in total. The summed E-state index contributed by atoms with van der Waals surface area (Å²) in [5, 5.41) is 3.90. The van der Waals surface area contributed by atoms with Gasteiger partial charge in [-0.3, -0.25) is 0 Å². The van der Waals surface area contributed by atoms with Crippen molar-refractivity contribution in [3.05, 3.63) is 59.7 Å². The fourth-order valence-electron chi connectivity index (χ4n) is 2.60. The topological polar surface area (TPSA) is 94.8 Å². The van der Waals surface area contributed by atoms with Crippen LogP contribution < -0.4 is 9.47 Å². The van der Waals surface area contributed by atoms with Gasteiger partial charge in [0.1, 0.15) is 5.82 Å². The number of aromatic nitrogens is 2. The van der Waals surface area contributed by atoms with E-state index in [-0.39, 0.29) is 18.2 Å². The van der Waals surface area contributed by atoms with E-state index in [1.54, 1.807) is 18.2 Å². The average Bonchev–Trinajstić information content (AvgIpc) is 3.17. The van der Waals surface area contributed by atoms with Gasteiger partial charge in [0.2, 0.25) is 21.7 Å². The van der Waals surface area contributed by atoms with Gasteiger partial charge >= 0.3 is 0 Å². The van der Waals surface area contributed by atoms with Crippen molar-refractivity contribution in [1.29, 1.82) is 0 Å². The Morgan fingerprint density at radius 3 is 2.41 bits per heavy atom. The number of benzene rings is 2.